The number of carboxylic acid groups (broad SMARTS) is 1. The van der Waals surface area contributed by atoms with Crippen LogP contribution in [0.15, 0.2) is 53.5 Å². The number of alkyl halides is 2. The molecule has 1 fully saturated rings. The number of ether oxygens (including phenoxy) is 2. The van der Waals surface area contributed by atoms with Crippen LogP contribution in [0.1, 0.15) is 34.3 Å². The molecule has 5 rings (SSSR count). The fourth-order valence-electron chi connectivity index (χ4n) is 3.88. The van der Waals surface area contributed by atoms with Crippen LogP contribution in [-0.2, 0) is 6.42 Å². The summed E-state index contributed by atoms with van der Waals surface area (Å²) < 4.78 is 36.2. The van der Waals surface area contributed by atoms with E-state index in [0.29, 0.717) is 33.3 Å². The zero-order chi connectivity index (χ0) is 23.8. The van der Waals surface area contributed by atoms with E-state index in [1.54, 1.807) is 30.3 Å². The number of aromatic nitrogens is 3. The summed E-state index contributed by atoms with van der Waals surface area (Å²) in [6, 6.07) is 11.0. The molecule has 3 N–H and O–H groups in total. The van der Waals surface area contributed by atoms with Gasteiger partial charge in [-0.05, 0) is 54.3 Å². The van der Waals surface area contributed by atoms with Crippen LogP contribution >= 0.6 is 0 Å². The Bertz CT molecular complexity index is 1440. The maximum atomic E-state index is 12.9. The summed E-state index contributed by atoms with van der Waals surface area (Å²) >= 11 is 0. The summed E-state index contributed by atoms with van der Waals surface area (Å²) in [5, 5.41) is 16.0. The average Bonchev–Trinajstić information content (AvgIpc) is 3.54. The molecule has 0 unspecified atom stereocenters. The minimum Gasteiger partial charge on any atom is -0.487 e. The number of rotatable bonds is 8. The van der Waals surface area contributed by atoms with E-state index in [1.807, 2.05) is 0 Å². The van der Waals surface area contributed by atoms with E-state index >= 15 is 0 Å². The molecule has 174 valence electrons. The smallest absolute Gasteiger partial charge is 0.387 e. The van der Waals surface area contributed by atoms with Crippen molar-refractivity contribution in [1.82, 2.24) is 15.2 Å². The number of carboxylic acids is 1. The van der Waals surface area contributed by atoms with Crippen LogP contribution in [0.25, 0.3) is 22.2 Å². The Hall–Kier alpha value is -4.21. The third-order valence-corrected chi connectivity index (χ3v) is 5.54. The maximum Gasteiger partial charge on any atom is 0.387 e. The fourth-order valence-corrected chi connectivity index (χ4v) is 3.88. The van der Waals surface area contributed by atoms with Gasteiger partial charge < -0.3 is 19.6 Å². The van der Waals surface area contributed by atoms with Gasteiger partial charge in [0.2, 0.25) is 0 Å². The molecule has 0 atom stereocenters. The molecule has 4 aromatic rings. The summed E-state index contributed by atoms with van der Waals surface area (Å²) in [6.45, 7) is -3.00. The first-order valence-electron chi connectivity index (χ1n) is 10.6. The lowest BCUT2D eigenvalue weighted by Crippen LogP contribution is -2.08. The lowest BCUT2D eigenvalue weighted by molar-refractivity contribution is -0.0516. The third-order valence-electron chi connectivity index (χ3n) is 5.54. The van der Waals surface area contributed by atoms with Gasteiger partial charge in [0, 0.05) is 12.0 Å². The largest absolute Gasteiger partial charge is 0.487 e. The molecule has 1 saturated carbocycles. The number of carbonyl (C=O) groups is 1. The molecular formula is C24H19F2N3O5. The fraction of sp³-hybridized carbons (Fsp3) is 0.208. The quantitative estimate of drug-likeness (QED) is 0.355. The van der Waals surface area contributed by atoms with Crippen molar-refractivity contribution in [2.24, 2.45) is 0 Å². The van der Waals surface area contributed by atoms with E-state index in [4.69, 9.17) is 4.74 Å². The molecule has 2 aromatic heterocycles. The molecule has 0 spiro atoms. The van der Waals surface area contributed by atoms with E-state index in [-0.39, 0.29) is 29.6 Å². The molecule has 1 aliphatic carbocycles. The van der Waals surface area contributed by atoms with Gasteiger partial charge in [-0.2, -0.15) is 13.9 Å². The first-order valence-corrected chi connectivity index (χ1v) is 10.6. The monoisotopic (exact) mass is 467 g/mol. The first-order chi connectivity index (χ1) is 16.4. The minimum absolute atomic E-state index is 0.0525. The van der Waals surface area contributed by atoms with Crippen molar-refractivity contribution in [2.75, 3.05) is 0 Å². The van der Waals surface area contributed by atoms with E-state index in [1.165, 1.54) is 18.3 Å². The Labute approximate surface area is 191 Å². The molecule has 10 heteroatoms. The van der Waals surface area contributed by atoms with Gasteiger partial charge in [0.05, 0.1) is 34.5 Å². The zero-order valence-electron chi connectivity index (χ0n) is 17.7. The molecule has 1 aliphatic rings. The van der Waals surface area contributed by atoms with Gasteiger partial charge in [-0.25, -0.2) is 9.89 Å². The third kappa shape index (κ3) is 4.34. The van der Waals surface area contributed by atoms with E-state index < -0.39 is 18.1 Å². The van der Waals surface area contributed by atoms with Crippen molar-refractivity contribution in [2.45, 2.75) is 32.0 Å². The lowest BCUT2D eigenvalue weighted by atomic mass is 9.98. The van der Waals surface area contributed by atoms with E-state index in [9.17, 15) is 23.5 Å². The normalized spacial score (nSPS) is 13.4. The van der Waals surface area contributed by atoms with Crippen LogP contribution in [0.5, 0.6) is 11.5 Å². The summed E-state index contributed by atoms with van der Waals surface area (Å²) in [6.07, 6.45) is 3.34. The van der Waals surface area contributed by atoms with Crippen molar-refractivity contribution < 1.29 is 28.2 Å². The molecule has 34 heavy (non-hydrogen) atoms. The van der Waals surface area contributed by atoms with Crippen molar-refractivity contribution in [3.05, 3.63) is 75.7 Å². The van der Waals surface area contributed by atoms with Crippen molar-refractivity contribution in [3.8, 4) is 22.8 Å². The number of halogens is 2. The Morgan fingerprint density at radius 2 is 2.00 bits per heavy atom. The second-order valence-corrected chi connectivity index (χ2v) is 8.01. The number of H-pyrrole nitrogens is 2. The van der Waals surface area contributed by atoms with Gasteiger partial charge >= 0.3 is 12.6 Å². The summed E-state index contributed by atoms with van der Waals surface area (Å²) in [5.41, 5.74) is 2.67. The van der Waals surface area contributed by atoms with Crippen molar-refractivity contribution >= 4 is 16.9 Å². The second kappa shape index (κ2) is 8.62. The van der Waals surface area contributed by atoms with Crippen molar-refractivity contribution in [3.63, 3.8) is 0 Å². The number of hydrogen-bond donors (Lipinski definition) is 3. The predicted octanol–water partition coefficient (Wildman–Crippen LogP) is 4.35. The molecular weight excluding hydrogens is 448 g/mol. The van der Waals surface area contributed by atoms with Gasteiger partial charge in [-0.1, -0.05) is 12.1 Å². The van der Waals surface area contributed by atoms with Gasteiger partial charge in [0.25, 0.3) is 5.56 Å². The molecule has 0 saturated heterocycles. The highest BCUT2D eigenvalue weighted by atomic mass is 19.3. The van der Waals surface area contributed by atoms with Crippen LogP contribution in [0.3, 0.4) is 0 Å². The number of aromatic carboxylic acids is 1. The maximum absolute atomic E-state index is 12.9. The molecule has 0 bridgehead atoms. The standard InChI is InChI=1S/C24H19F2N3O5/c25-24(26)34-18-7-4-13(10-19(18)33-15-5-6-15)21-16(20-17(28-21)11-27-29-22(20)30)9-12-2-1-3-14(8-12)23(31)32/h1-4,7-8,10-11,15,24,28H,5-6,9H2,(H,29,30)(H,31,32). The number of nitrogens with one attached hydrogen (secondary N) is 2. The highest BCUT2D eigenvalue weighted by Crippen LogP contribution is 2.39. The molecule has 0 amide bonds. The number of hydrogen-bond acceptors (Lipinski definition) is 5. The minimum atomic E-state index is -3.00. The predicted molar refractivity (Wildman–Crippen MR) is 119 cm³/mol. The van der Waals surface area contributed by atoms with Crippen LogP contribution in [0.2, 0.25) is 0 Å². The summed E-state index contributed by atoms with van der Waals surface area (Å²) in [7, 11) is 0. The Kier molecular flexibility index (Phi) is 5.48. The van der Waals surface area contributed by atoms with Gasteiger partial charge in [0.1, 0.15) is 0 Å². The number of benzene rings is 2. The Balaban J connectivity index is 1.64. The lowest BCUT2D eigenvalue weighted by Gasteiger charge is -2.14. The average molecular weight is 467 g/mol. The topological polar surface area (TPSA) is 117 Å². The number of aromatic amines is 2. The van der Waals surface area contributed by atoms with Gasteiger partial charge in [-0.15, -0.1) is 0 Å². The highest BCUT2D eigenvalue weighted by Gasteiger charge is 2.26. The molecule has 0 radical (unpaired) electrons. The highest BCUT2D eigenvalue weighted by molar-refractivity contribution is 5.91. The second-order valence-electron chi connectivity index (χ2n) is 8.01. The van der Waals surface area contributed by atoms with Crippen LogP contribution in [0.4, 0.5) is 8.78 Å². The number of nitrogens with zero attached hydrogens (tertiary/aromatic N) is 1. The SMILES string of the molecule is O=C(O)c1cccc(Cc2c(-c3ccc(OC(F)F)c(OC4CC4)c3)[nH]c3cn[nH]c(=O)c23)c1. The summed E-state index contributed by atoms with van der Waals surface area (Å²) in [4.78, 5) is 27.2. The molecule has 0 aliphatic heterocycles. The molecule has 8 nitrogen and oxygen atoms in total. The Morgan fingerprint density at radius 3 is 2.74 bits per heavy atom. The molecule has 2 heterocycles. The van der Waals surface area contributed by atoms with Crippen LogP contribution < -0.4 is 15.0 Å². The van der Waals surface area contributed by atoms with Crippen LogP contribution in [0, 0.1) is 0 Å². The summed E-state index contributed by atoms with van der Waals surface area (Å²) in [5.74, 6) is -0.943. The molecule has 2 aromatic carbocycles. The van der Waals surface area contributed by atoms with Crippen molar-refractivity contribution in [1.29, 1.82) is 0 Å². The van der Waals surface area contributed by atoms with E-state index in [0.717, 1.165) is 12.8 Å². The first kappa shape index (κ1) is 21.6. The zero-order valence-corrected chi connectivity index (χ0v) is 17.7. The number of fused-ring (bicyclic) bond motifs is 1. The van der Waals surface area contributed by atoms with E-state index in [2.05, 4.69) is 19.9 Å². The van der Waals surface area contributed by atoms with Gasteiger partial charge in [-0.3, -0.25) is 4.79 Å². The Morgan fingerprint density at radius 1 is 1.18 bits per heavy atom. The van der Waals surface area contributed by atoms with Crippen LogP contribution in [-0.4, -0.2) is 39.0 Å². The van der Waals surface area contributed by atoms with Gasteiger partial charge in [0.15, 0.2) is 11.5 Å².